The largest absolute Gasteiger partial charge is 0.411 e. The third-order valence-electron chi connectivity index (χ3n) is 4.94. The molecule has 31 heavy (non-hydrogen) atoms. The lowest BCUT2D eigenvalue weighted by Crippen LogP contribution is -2.15. The summed E-state index contributed by atoms with van der Waals surface area (Å²) in [7, 11) is 0. The molecule has 0 unspecified atom stereocenters. The van der Waals surface area contributed by atoms with Crippen molar-refractivity contribution < 1.29 is 9.21 Å². The van der Waals surface area contributed by atoms with E-state index in [1.54, 1.807) is 0 Å². The van der Waals surface area contributed by atoms with E-state index in [0.717, 1.165) is 33.9 Å². The maximum Gasteiger partial charge on any atom is 0.277 e. The normalized spacial score (nSPS) is 11.0. The van der Waals surface area contributed by atoms with E-state index in [9.17, 15) is 4.79 Å². The Balaban J connectivity index is 1.42. The minimum atomic E-state index is -0.157. The number of hydrogen-bond donors (Lipinski definition) is 1. The van der Waals surface area contributed by atoms with Crippen LogP contribution in [0.4, 0.5) is 5.69 Å². The summed E-state index contributed by atoms with van der Waals surface area (Å²) in [6.45, 7) is 7.85. The van der Waals surface area contributed by atoms with Crippen molar-refractivity contribution in [3.05, 3.63) is 71.0 Å². The molecule has 4 rings (SSSR count). The first-order valence-corrected chi connectivity index (χ1v) is 10.9. The lowest BCUT2D eigenvalue weighted by atomic mass is 10.1. The molecule has 0 saturated carbocycles. The van der Waals surface area contributed by atoms with E-state index in [0.29, 0.717) is 11.1 Å². The Kier molecular flexibility index (Phi) is 5.90. The molecule has 2 heterocycles. The van der Waals surface area contributed by atoms with Crippen LogP contribution in [0.5, 0.6) is 0 Å². The fourth-order valence-corrected chi connectivity index (χ4v) is 3.82. The zero-order valence-corrected chi connectivity index (χ0v) is 18.7. The highest BCUT2D eigenvalue weighted by Crippen LogP contribution is 2.26. The maximum atomic E-state index is 12.6. The molecule has 0 spiro atoms. The van der Waals surface area contributed by atoms with Crippen LogP contribution in [0.3, 0.4) is 0 Å². The van der Waals surface area contributed by atoms with Gasteiger partial charge in [0.15, 0.2) is 0 Å². The van der Waals surface area contributed by atoms with Gasteiger partial charge in [-0.1, -0.05) is 47.7 Å². The Morgan fingerprint density at radius 2 is 1.77 bits per heavy atom. The van der Waals surface area contributed by atoms with Gasteiger partial charge in [-0.25, -0.2) is 4.68 Å². The molecule has 0 aliphatic rings. The van der Waals surface area contributed by atoms with E-state index in [1.165, 1.54) is 17.3 Å². The summed E-state index contributed by atoms with van der Waals surface area (Å²) < 4.78 is 7.55. The number of carbonyl (C=O) groups is 1. The highest BCUT2D eigenvalue weighted by atomic mass is 32.2. The van der Waals surface area contributed by atoms with Gasteiger partial charge in [0.2, 0.25) is 11.8 Å². The number of benzene rings is 2. The second kappa shape index (κ2) is 8.77. The first-order chi connectivity index (χ1) is 14.9. The molecule has 0 aliphatic heterocycles. The standard InChI is InChI=1S/C23H23N5O2S/c1-14-9-11-18(12-10-14)28-17(4)21(16(3)27-28)24-20(29)13-31-23-26-25-22(30-23)19-8-6-5-7-15(19)2/h5-12H,13H2,1-4H3,(H,24,29). The Labute approximate surface area is 184 Å². The van der Waals surface area contributed by atoms with Gasteiger partial charge in [0.05, 0.1) is 28.5 Å². The number of anilines is 1. The van der Waals surface area contributed by atoms with Gasteiger partial charge in [-0.2, -0.15) is 5.10 Å². The smallest absolute Gasteiger partial charge is 0.277 e. The summed E-state index contributed by atoms with van der Waals surface area (Å²) in [6.07, 6.45) is 0. The molecule has 0 aliphatic carbocycles. The van der Waals surface area contributed by atoms with Crippen LogP contribution in [0, 0.1) is 27.7 Å². The molecule has 1 amide bonds. The molecule has 158 valence electrons. The molecule has 0 fully saturated rings. The number of aromatic nitrogens is 4. The van der Waals surface area contributed by atoms with Crippen LogP contribution < -0.4 is 5.32 Å². The highest BCUT2D eigenvalue weighted by Gasteiger charge is 2.17. The van der Waals surface area contributed by atoms with E-state index >= 15 is 0 Å². The van der Waals surface area contributed by atoms with Crippen molar-refractivity contribution in [1.29, 1.82) is 0 Å². The summed E-state index contributed by atoms with van der Waals surface area (Å²) in [5.74, 6) is 0.451. The van der Waals surface area contributed by atoms with E-state index in [1.807, 2.05) is 80.9 Å². The molecule has 0 bridgehead atoms. The average molecular weight is 434 g/mol. The molecule has 4 aromatic rings. The van der Waals surface area contributed by atoms with Gasteiger partial charge in [-0.05, 0) is 51.5 Å². The van der Waals surface area contributed by atoms with Gasteiger partial charge >= 0.3 is 0 Å². The van der Waals surface area contributed by atoms with Gasteiger partial charge in [-0.15, -0.1) is 10.2 Å². The molecule has 1 N–H and O–H groups in total. The van der Waals surface area contributed by atoms with Crippen LogP contribution in [0.25, 0.3) is 17.1 Å². The molecule has 0 atom stereocenters. The molecule has 8 heteroatoms. The van der Waals surface area contributed by atoms with Crippen molar-refractivity contribution in [3.63, 3.8) is 0 Å². The summed E-state index contributed by atoms with van der Waals surface area (Å²) >= 11 is 1.21. The average Bonchev–Trinajstić information content (AvgIpc) is 3.33. The monoisotopic (exact) mass is 433 g/mol. The van der Waals surface area contributed by atoms with Crippen LogP contribution in [0.15, 0.2) is 58.2 Å². The Hall–Kier alpha value is -3.39. The Bertz CT molecular complexity index is 1230. The lowest BCUT2D eigenvalue weighted by Gasteiger charge is -2.07. The Morgan fingerprint density at radius 1 is 1.03 bits per heavy atom. The number of nitrogens with one attached hydrogen (secondary N) is 1. The number of rotatable bonds is 6. The van der Waals surface area contributed by atoms with E-state index in [-0.39, 0.29) is 11.7 Å². The fourth-order valence-electron chi connectivity index (χ4n) is 3.25. The quantitative estimate of drug-likeness (QED) is 0.436. The number of nitrogens with zero attached hydrogens (tertiary/aromatic N) is 4. The lowest BCUT2D eigenvalue weighted by molar-refractivity contribution is -0.113. The first kappa shape index (κ1) is 20.9. The summed E-state index contributed by atoms with van der Waals surface area (Å²) in [6, 6.07) is 15.9. The Morgan fingerprint density at radius 3 is 2.52 bits per heavy atom. The number of hydrogen-bond acceptors (Lipinski definition) is 6. The van der Waals surface area contributed by atoms with E-state index in [2.05, 4.69) is 20.6 Å². The van der Waals surface area contributed by atoms with Gasteiger partial charge in [-0.3, -0.25) is 4.79 Å². The van der Waals surface area contributed by atoms with Crippen LogP contribution in [-0.4, -0.2) is 31.6 Å². The maximum absolute atomic E-state index is 12.6. The van der Waals surface area contributed by atoms with Crippen LogP contribution >= 0.6 is 11.8 Å². The summed E-state index contributed by atoms with van der Waals surface area (Å²) in [5, 5.41) is 16.1. The third-order valence-corrected chi connectivity index (χ3v) is 5.76. The molecular weight excluding hydrogens is 410 g/mol. The second-order valence-corrected chi connectivity index (χ2v) is 8.24. The van der Waals surface area contributed by atoms with Crippen LogP contribution in [0.2, 0.25) is 0 Å². The van der Waals surface area contributed by atoms with Crippen LogP contribution in [0.1, 0.15) is 22.5 Å². The third kappa shape index (κ3) is 4.54. The van der Waals surface area contributed by atoms with Crippen molar-refractivity contribution in [2.45, 2.75) is 32.9 Å². The highest BCUT2D eigenvalue weighted by molar-refractivity contribution is 7.99. The van der Waals surface area contributed by atoms with E-state index in [4.69, 9.17) is 4.42 Å². The number of amides is 1. The number of thioether (sulfide) groups is 1. The molecule has 0 radical (unpaired) electrons. The topological polar surface area (TPSA) is 85.8 Å². The van der Waals surface area contributed by atoms with E-state index < -0.39 is 0 Å². The van der Waals surface area contributed by atoms with Crippen molar-refractivity contribution in [1.82, 2.24) is 20.0 Å². The fraction of sp³-hybridized carbons (Fsp3) is 0.217. The van der Waals surface area contributed by atoms with Gasteiger partial charge in [0, 0.05) is 5.56 Å². The second-order valence-electron chi connectivity index (χ2n) is 7.32. The molecule has 0 saturated heterocycles. The minimum absolute atomic E-state index is 0.157. The molecule has 2 aromatic heterocycles. The van der Waals surface area contributed by atoms with Crippen molar-refractivity contribution >= 4 is 23.4 Å². The summed E-state index contributed by atoms with van der Waals surface area (Å²) in [5.41, 5.74) is 6.43. The zero-order valence-electron chi connectivity index (χ0n) is 17.8. The summed E-state index contributed by atoms with van der Waals surface area (Å²) in [4.78, 5) is 12.6. The SMILES string of the molecule is Cc1ccc(-n2nc(C)c(NC(=O)CSc3nnc(-c4ccccc4C)o3)c2C)cc1. The predicted molar refractivity (Wildman–Crippen MR) is 122 cm³/mol. The van der Waals surface area contributed by atoms with Gasteiger partial charge in [0.1, 0.15) is 0 Å². The minimum Gasteiger partial charge on any atom is -0.411 e. The zero-order chi connectivity index (χ0) is 22.0. The molecule has 7 nitrogen and oxygen atoms in total. The number of aryl methyl sites for hydroxylation is 3. The molecule has 2 aromatic carbocycles. The van der Waals surface area contributed by atoms with Crippen LogP contribution in [-0.2, 0) is 4.79 Å². The van der Waals surface area contributed by atoms with Crippen molar-refractivity contribution in [3.8, 4) is 17.1 Å². The van der Waals surface area contributed by atoms with Crippen molar-refractivity contribution in [2.75, 3.05) is 11.1 Å². The van der Waals surface area contributed by atoms with Gasteiger partial charge < -0.3 is 9.73 Å². The first-order valence-electron chi connectivity index (χ1n) is 9.88. The molecular formula is C23H23N5O2S. The number of carbonyl (C=O) groups excluding carboxylic acids is 1. The van der Waals surface area contributed by atoms with Crippen molar-refractivity contribution in [2.24, 2.45) is 0 Å². The van der Waals surface area contributed by atoms with Gasteiger partial charge in [0.25, 0.3) is 5.22 Å². The predicted octanol–water partition coefficient (Wildman–Crippen LogP) is 4.89.